The van der Waals surface area contributed by atoms with E-state index >= 15 is 0 Å². The van der Waals surface area contributed by atoms with E-state index in [2.05, 4.69) is 14.7 Å². The number of hydrogen-bond donors (Lipinski definition) is 1. The first-order valence-corrected chi connectivity index (χ1v) is 5.55. The minimum Gasteiger partial charge on any atom is -0.465 e. The van der Waals surface area contributed by atoms with E-state index in [0.29, 0.717) is 17.0 Å². The van der Waals surface area contributed by atoms with E-state index in [1.54, 1.807) is 6.07 Å². The van der Waals surface area contributed by atoms with E-state index in [4.69, 9.17) is 5.73 Å². The van der Waals surface area contributed by atoms with Gasteiger partial charge in [0, 0.05) is 23.5 Å². The largest absolute Gasteiger partial charge is 0.465 e. The quantitative estimate of drug-likeness (QED) is 0.848. The fourth-order valence-corrected chi connectivity index (χ4v) is 1.67. The van der Waals surface area contributed by atoms with Gasteiger partial charge in [0.2, 0.25) is 0 Å². The zero-order valence-corrected chi connectivity index (χ0v) is 10.3. The topological polar surface area (TPSA) is 78.1 Å². The zero-order valence-electron chi connectivity index (χ0n) is 10.3. The number of nitrogens with zero attached hydrogens (tertiary/aromatic N) is 2. The van der Waals surface area contributed by atoms with Crippen LogP contribution in [0.1, 0.15) is 16.2 Å². The second-order valence-electron chi connectivity index (χ2n) is 3.75. The number of rotatable bonds is 3. The Morgan fingerprint density at radius 3 is 2.63 bits per heavy atom. The van der Waals surface area contributed by atoms with Gasteiger partial charge in [-0.25, -0.2) is 19.2 Å². The van der Waals surface area contributed by atoms with Crippen LogP contribution in [0.25, 0.3) is 11.1 Å². The molecular weight excluding hydrogens is 249 g/mol. The van der Waals surface area contributed by atoms with Gasteiger partial charge in [0.15, 0.2) is 0 Å². The molecule has 1 heterocycles. The van der Waals surface area contributed by atoms with Gasteiger partial charge >= 0.3 is 5.97 Å². The lowest BCUT2D eigenvalue weighted by molar-refractivity contribution is 0.0596. The molecule has 0 aliphatic carbocycles. The van der Waals surface area contributed by atoms with Crippen molar-refractivity contribution in [2.45, 2.75) is 6.54 Å². The molecular formula is C13H12FN3O2. The summed E-state index contributed by atoms with van der Waals surface area (Å²) < 4.78 is 18.3. The van der Waals surface area contributed by atoms with Crippen molar-refractivity contribution >= 4 is 5.97 Å². The van der Waals surface area contributed by atoms with Crippen molar-refractivity contribution in [1.29, 1.82) is 0 Å². The smallest absolute Gasteiger partial charge is 0.341 e. The first-order valence-electron chi connectivity index (χ1n) is 5.55. The van der Waals surface area contributed by atoms with Crippen molar-refractivity contribution < 1.29 is 13.9 Å². The molecule has 1 aromatic heterocycles. The minimum atomic E-state index is -0.740. The highest BCUT2D eigenvalue weighted by Crippen LogP contribution is 2.25. The second kappa shape index (κ2) is 5.53. The van der Waals surface area contributed by atoms with Gasteiger partial charge in [-0.2, -0.15) is 0 Å². The number of aromatic nitrogens is 2. The van der Waals surface area contributed by atoms with Crippen molar-refractivity contribution in [2.75, 3.05) is 7.11 Å². The normalized spacial score (nSPS) is 10.3. The maximum atomic E-state index is 13.8. The Kier molecular flexibility index (Phi) is 3.82. The lowest BCUT2D eigenvalue weighted by Crippen LogP contribution is -2.07. The van der Waals surface area contributed by atoms with Crippen LogP contribution in [0.4, 0.5) is 4.39 Å². The summed E-state index contributed by atoms with van der Waals surface area (Å²) in [5, 5.41) is 0. The molecule has 0 spiro atoms. The highest BCUT2D eigenvalue weighted by atomic mass is 19.1. The molecule has 0 radical (unpaired) electrons. The Morgan fingerprint density at radius 1 is 1.37 bits per heavy atom. The van der Waals surface area contributed by atoms with Gasteiger partial charge in [0.1, 0.15) is 17.2 Å². The SMILES string of the molecule is COC(=O)c1c(F)cccc1-c1cnc(CN)nc1. The summed E-state index contributed by atoms with van der Waals surface area (Å²) in [4.78, 5) is 19.7. The summed E-state index contributed by atoms with van der Waals surface area (Å²) in [6.07, 6.45) is 2.99. The molecule has 0 aliphatic rings. The van der Waals surface area contributed by atoms with E-state index in [-0.39, 0.29) is 12.1 Å². The van der Waals surface area contributed by atoms with Crippen molar-refractivity contribution in [1.82, 2.24) is 9.97 Å². The van der Waals surface area contributed by atoms with Crippen LogP contribution in [-0.4, -0.2) is 23.0 Å². The summed E-state index contributed by atoms with van der Waals surface area (Å²) in [6.45, 7) is 0.216. The average molecular weight is 261 g/mol. The maximum Gasteiger partial charge on any atom is 0.341 e. The summed E-state index contributed by atoms with van der Waals surface area (Å²) in [5.74, 6) is -0.914. The van der Waals surface area contributed by atoms with E-state index in [1.807, 2.05) is 0 Å². The fourth-order valence-electron chi connectivity index (χ4n) is 1.67. The van der Waals surface area contributed by atoms with E-state index in [0.717, 1.165) is 0 Å². The summed E-state index contributed by atoms with van der Waals surface area (Å²) in [5.41, 5.74) is 6.18. The highest BCUT2D eigenvalue weighted by molar-refractivity contribution is 5.97. The number of carbonyl (C=O) groups is 1. The Labute approximate surface area is 109 Å². The lowest BCUT2D eigenvalue weighted by atomic mass is 10.0. The molecule has 0 fully saturated rings. The Morgan fingerprint density at radius 2 is 2.05 bits per heavy atom. The third kappa shape index (κ3) is 2.58. The van der Waals surface area contributed by atoms with Crippen LogP contribution in [0.2, 0.25) is 0 Å². The molecule has 19 heavy (non-hydrogen) atoms. The van der Waals surface area contributed by atoms with Gasteiger partial charge in [-0.05, 0) is 6.07 Å². The third-order valence-corrected chi connectivity index (χ3v) is 2.60. The molecule has 0 aliphatic heterocycles. The molecule has 0 bridgehead atoms. The van der Waals surface area contributed by atoms with E-state index < -0.39 is 11.8 Å². The van der Waals surface area contributed by atoms with Gasteiger partial charge < -0.3 is 10.5 Å². The van der Waals surface area contributed by atoms with Crippen LogP contribution >= 0.6 is 0 Å². The van der Waals surface area contributed by atoms with Gasteiger partial charge in [0.05, 0.1) is 13.7 Å². The molecule has 0 amide bonds. The molecule has 6 heteroatoms. The Hall–Kier alpha value is -2.34. The molecule has 5 nitrogen and oxygen atoms in total. The standard InChI is InChI=1S/C13H12FN3O2/c1-19-13(18)12-9(3-2-4-10(12)14)8-6-16-11(5-15)17-7-8/h2-4,6-7H,5,15H2,1H3. The third-order valence-electron chi connectivity index (χ3n) is 2.60. The summed E-state index contributed by atoms with van der Waals surface area (Å²) >= 11 is 0. The molecule has 2 rings (SSSR count). The number of esters is 1. The van der Waals surface area contributed by atoms with Crippen LogP contribution in [0.5, 0.6) is 0 Å². The number of ether oxygens (including phenoxy) is 1. The van der Waals surface area contributed by atoms with E-state index in [9.17, 15) is 9.18 Å². The van der Waals surface area contributed by atoms with Crippen LogP contribution in [0, 0.1) is 5.82 Å². The summed E-state index contributed by atoms with van der Waals surface area (Å²) in [6, 6.07) is 4.31. The average Bonchev–Trinajstić information content (AvgIpc) is 2.46. The molecule has 98 valence electrons. The molecule has 0 saturated heterocycles. The van der Waals surface area contributed by atoms with Crippen molar-refractivity contribution in [3.8, 4) is 11.1 Å². The number of methoxy groups -OCH3 is 1. The minimum absolute atomic E-state index is 0.130. The van der Waals surface area contributed by atoms with Gasteiger partial charge in [0.25, 0.3) is 0 Å². The molecule has 1 aromatic carbocycles. The van der Waals surface area contributed by atoms with Gasteiger partial charge in [-0.3, -0.25) is 0 Å². The number of benzene rings is 1. The Balaban J connectivity index is 2.54. The van der Waals surface area contributed by atoms with E-state index in [1.165, 1.54) is 31.6 Å². The molecule has 0 unspecified atom stereocenters. The van der Waals surface area contributed by atoms with Crippen LogP contribution in [-0.2, 0) is 11.3 Å². The first kappa shape index (κ1) is 13.1. The summed E-state index contributed by atoms with van der Waals surface area (Å²) in [7, 11) is 1.20. The number of carbonyl (C=O) groups excluding carboxylic acids is 1. The lowest BCUT2D eigenvalue weighted by Gasteiger charge is -2.08. The van der Waals surface area contributed by atoms with Crippen molar-refractivity contribution in [3.05, 3.63) is 47.8 Å². The highest BCUT2D eigenvalue weighted by Gasteiger charge is 2.18. The molecule has 0 atom stereocenters. The van der Waals surface area contributed by atoms with Crippen molar-refractivity contribution in [3.63, 3.8) is 0 Å². The number of nitrogens with two attached hydrogens (primary N) is 1. The van der Waals surface area contributed by atoms with Crippen molar-refractivity contribution in [2.24, 2.45) is 5.73 Å². The number of halogens is 1. The van der Waals surface area contributed by atoms with Gasteiger partial charge in [-0.1, -0.05) is 12.1 Å². The fraction of sp³-hybridized carbons (Fsp3) is 0.154. The Bertz CT molecular complexity index is 599. The monoisotopic (exact) mass is 261 g/mol. The van der Waals surface area contributed by atoms with Crippen LogP contribution in [0.3, 0.4) is 0 Å². The van der Waals surface area contributed by atoms with Crippen LogP contribution in [0.15, 0.2) is 30.6 Å². The maximum absolute atomic E-state index is 13.8. The predicted molar refractivity (Wildman–Crippen MR) is 66.7 cm³/mol. The number of hydrogen-bond acceptors (Lipinski definition) is 5. The molecule has 2 aromatic rings. The van der Waals surface area contributed by atoms with Gasteiger partial charge in [-0.15, -0.1) is 0 Å². The van der Waals surface area contributed by atoms with Crippen LogP contribution < -0.4 is 5.73 Å². The second-order valence-corrected chi connectivity index (χ2v) is 3.75. The zero-order chi connectivity index (χ0) is 13.8. The molecule has 2 N–H and O–H groups in total. The molecule has 0 saturated carbocycles. The predicted octanol–water partition coefficient (Wildman–Crippen LogP) is 1.53. The first-order chi connectivity index (χ1) is 9.17.